The van der Waals surface area contributed by atoms with E-state index in [0.29, 0.717) is 0 Å². The summed E-state index contributed by atoms with van der Waals surface area (Å²) >= 11 is 6.15. The Morgan fingerprint density at radius 1 is 1.14 bits per heavy atom. The third kappa shape index (κ3) is 3.57. The molecule has 1 aromatic carbocycles. The van der Waals surface area contributed by atoms with Gasteiger partial charge in [-0.1, -0.05) is 62.3 Å². The van der Waals surface area contributed by atoms with Gasteiger partial charge in [-0.3, -0.25) is 0 Å². The Bertz CT molecular complexity index is 450. The first kappa shape index (κ1) is 17.1. The van der Waals surface area contributed by atoms with Gasteiger partial charge >= 0.3 is 0 Å². The zero-order valence-corrected chi connectivity index (χ0v) is 14.0. The van der Waals surface area contributed by atoms with Gasteiger partial charge in [-0.15, -0.1) is 0 Å². The van der Waals surface area contributed by atoms with Crippen LogP contribution >= 0.6 is 11.6 Å². The van der Waals surface area contributed by atoms with Crippen molar-refractivity contribution in [3.05, 3.63) is 34.9 Å². The lowest BCUT2D eigenvalue weighted by Crippen LogP contribution is -3.00. The van der Waals surface area contributed by atoms with Gasteiger partial charge < -0.3 is 17.5 Å². The second-order valence-electron chi connectivity index (χ2n) is 6.78. The molecule has 2 aliphatic rings. The monoisotopic (exact) mass is 327 g/mol. The minimum Gasteiger partial charge on any atom is -1.00 e. The van der Waals surface area contributed by atoms with Gasteiger partial charge in [0.15, 0.2) is 0 Å². The predicted molar refractivity (Wildman–Crippen MR) is 84.2 cm³/mol. The van der Waals surface area contributed by atoms with Crippen LogP contribution in [0.3, 0.4) is 0 Å². The van der Waals surface area contributed by atoms with Gasteiger partial charge in [0, 0.05) is 10.4 Å². The van der Waals surface area contributed by atoms with Crippen molar-refractivity contribution < 1.29 is 17.5 Å². The number of rotatable bonds is 4. The van der Waals surface area contributed by atoms with E-state index in [1.54, 1.807) is 0 Å². The van der Waals surface area contributed by atoms with Crippen LogP contribution in [0.1, 0.15) is 63.4 Å². The Kier molecular flexibility index (Phi) is 5.99. The van der Waals surface area contributed by atoms with Crippen LogP contribution in [0.2, 0.25) is 5.02 Å². The smallest absolute Gasteiger partial charge is 0.0639 e. The van der Waals surface area contributed by atoms with E-state index in [-0.39, 0.29) is 23.9 Å². The second kappa shape index (κ2) is 7.35. The van der Waals surface area contributed by atoms with Crippen LogP contribution < -0.4 is 12.4 Å². The summed E-state index contributed by atoms with van der Waals surface area (Å²) in [6.07, 6.45) is 10.9. The summed E-state index contributed by atoms with van der Waals surface area (Å²) in [5, 5.41) is 11.7. The van der Waals surface area contributed by atoms with Gasteiger partial charge in [-0.25, -0.2) is 0 Å². The Balaban J connectivity index is 0.00000161. The number of halogens is 2. The maximum atomic E-state index is 10.9. The molecule has 1 atom stereocenters. The van der Waals surface area contributed by atoms with Crippen LogP contribution in [0.4, 0.5) is 0 Å². The fraction of sp³-hybridized carbons (Fsp3) is 0.667. The summed E-state index contributed by atoms with van der Waals surface area (Å²) in [7, 11) is 0. The highest BCUT2D eigenvalue weighted by Gasteiger charge is 2.45. The number of benzene rings is 1. The SMILES string of the molecule is OC(CC1CCCCC1)C1(c2cccc(Cl)c2)CCC1.[Cl-]. The molecule has 1 nitrogen and oxygen atoms in total. The summed E-state index contributed by atoms with van der Waals surface area (Å²) < 4.78 is 0. The molecule has 2 aliphatic carbocycles. The fourth-order valence-corrected chi connectivity index (χ4v) is 4.32. The van der Waals surface area contributed by atoms with E-state index in [0.717, 1.165) is 30.2 Å². The topological polar surface area (TPSA) is 20.2 Å². The summed E-state index contributed by atoms with van der Waals surface area (Å²) in [5.74, 6) is 0.732. The average molecular weight is 328 g/mol. The van der Waals surface area contributed by atoms with Crippen molar-refractivity contribution in [2.45, 2.75) is 69.3 Å². The maximum Gasteiger partial charge on any atom is 0.0639 e. The summed E-state index contributed by atoms with van der Waals surface area (Å²) in [4.78, 5) is 0. The first-order valence-corrected chi connectivity index (χ1v) is 8.53. The average Bonchev–Trinajstić information content (AvgIpc) is 2.38. The van der Waals surface area contributed by atoms with Crippen LogP contribution in [0, 0.1) is 5.92 Å². The highest BCUT2D eigenvalue weighted by atomic mass is 35.5. The molecule has 0 saturated heterocycles. The molecule has 0 amide bonds. The van der Waals surface area contributed by atoms with E-state index in [1.807, 2.05) is 12.1 Å². The molecular formula is C18H25Cl2O-. The lowest BCUT2D eigenvalue weighted by molar-refractivity contribution is -0.0000210. The van der Waals surface area contributed by atoms with Crippen molar-refractivity contribution in [2.75, 3.05) is 0 Å². The third-order valence-corrected chi connectivity index (χ3v) is 5.80. The van der Waals surface area contributed by atoms with Gasteiger partial charge in [0.25, 0.3) is 0 Å². The number of aliphatic hydroxyl groups is 1. The zero-order chi connectivity index (χ0) is 14.0. The van der Waals surface area contributed by atoms with Crippen LogP contribution in [0.5, 0.6) is 0 Å². The Labute approximate surface area is 139 Å². The molecular weight excluding hydrogens is 303 g/mol. The molecule has 21 heavy (non-hydrogen) atoms. The Morgan fingerprint density at radius 2 is 1.86 bits per heavy atom. The van der Waals surface area contributed by atoms with E-state index < -0.39 is 0 Å². The Hall–Kier alpha value is -0.240. The molecule has 2 saturated carbocycles. The van der Waals surface area contributed by atoms with E-state index in [2.05, 4.69) is 12.1 Å². The van der Waals surface area contributed by atoms with Gasteiger partial charge in [0.1, 0.15) is 0 Å². The minimum absolute atomic E-state index is 0. The molecule has 3 heteroatoms. The second-order valence-corrected chi connectivity index (χ2v) is 7.21. The summed E-state index contributed by atoms with van der Waals surface area (Å²) in [5.41, 5.74) is 1.24. The molecule has 1 aromatic rings. The highest BCUT2D eigenvalue weighted by molar-refractivity contribution is 6.30. The molecule has 3 rings (SSSR count). The molecule has 1 N–H and O–H groups in total. The third-order valence-electron chi connectivity index (χ3n) is 5.56. The highest BCUT2D eigenvalue weighted by Crippen LogP contribution is 2.49. The van der Waals surface area contributed by atoms with Crippen LogP contribution in [-0.4, -0.2) is 11.2 Å². The molecule has 0 heterocycles. The lowest BCUT2D eigenvalue weighted by atomic mass is 9.59. The first-order valence-electron chi connectivity index (χ1n) is 8.15. The van der Waals surface area contributed by atoms with Crippen molar-refractivity contribution >= 4 is 11.6 Å². The van der Waals surface area contributed by atoms with Gasteiger partial charge in [0.2, 0.25) is 0 Å². The van der Waals surface area contributed by atoms with Gasteiger partial charge in [-0.05, 0) is 42.9 Å². The molecule has 0 bridgehead atoms. The van der Waals surface area contributed by atoms with Crippen molar-refractivity contribution in [1.29, 1.82) is 0 Å². The summed E-state index contributed by atoms with van der Waals surface area (Å²) in [6, 6.07) is 8.15. The van der Waals surface area contributed by atoms with Crippen molar-refractivity contribution in [1.82, 2.24) is 0 Å². The van der Waals surface area contributed by atoms with Crippen LogP contribution in [-0.2, 0) is 5.41 Å². The molecule has 1 unspecified atom stereocenters. The molecule has 118 valence electrons. The normalized spacial score (nSPS) is 23.0. The van der Waals surface area contributed by atoms with Crippen molar-refractivity contribution in [3.8, 4) is 0 Å². The standard InChI is InChI=1S/C18H25ClO.ClH/c19-16-9-4-8-15(13-16)18(10-5-11-18)17(20)12-14-6-2-1-3-7-14;/h4,8-9,13-14,17,20H,1-3,5-7,10-12H2;1H/p-1. The van der Waals surface area contributed by atoms with E-state index >= 15 is 0 Å². The van der Waals surface area contributed by atoms with Crippen LogP contribution in [0.25, 0.3) is 0 Å². The maximum absolute atomic E-state index is 10.9. The molecule has 2 fully saturated rings. The number of hydrogen-bond donors (Lipinski definition) is 1. The van der Waals surface area contributed by atoms with Gasteiger partial charge in [-0.2, -0.15) is 0 Å². The molecule has 0 radical (unpaired) electrons. The quantitative estimate of drug-likeness (QED) is 0.897. The number of aliphatic hydroxyl groups excluding tert-OH is 1. The van der Waals surface area contributed by atoms with Gasteiger partial charge in [0.05, 0.1) is 6.10 Å². The largest absolute Gasteiger partial charge is 1.00 e. The van der Waals surface area contributed by atoms with Crippen molar-refractivity contribution in [2.24, 2.45) is 5.92 Å². The molecule has 0 aromatic heterocycles. The first-order chi connectivity index (χ1) is 9.71. The Morgan fingerprint density at radius 3 is 2.43 bits per heavy atom. The van der Waals surface area contributed by atoms with E-state index in [4.69, 9.17) is 11.6 Å². The molecule has 0 aliphatic heterocycles. The van der Waals surface area contributed by atoms with Crippen LogP contribution in [0.15, 0.2) is 24.3 Å². The molecule has 0 spiro atoms. The lowest BCUT2D eigenvalue weighted by Gasteiger charge is -2.47. The van der Waals surface area contributed by atoms with E-state index in [9.17, 15) is 5.11 Å². The van der Waals surface area contributed by atoms with E-state index in [1.165, 1.54) is 44.1 Å². The zero-order valence-electron chi connectivity index (χ0n) is 12.5. The van der Waals surface area contributed by atoms with Crippen molar-refractivity contribution in [3.63, 3.8) is 0 Å². The fourth-order valence-electron chi connectivity index (χ4n) is 4.13. The predicted octanol–water partition coefficient (Wildman–Crippen LogP) is 2.10. The summed E-state index contributed by atoms with van der Waals surface area (Å²) in [6.45, 7) is 0. The minimum atomic E-state index is -0.196. The number of hydrogen-bond acceptors (Lipinski definition) is 1.